The van der Waals surface area contributed by atoms with Crippen LogP contribution in [0.1, 0.15) is 94.9 Å². The Bertz CT molecular complexity index is 2380. The third-order valence-electron chi connectivity index (χ3n) is 9.38. The van der Waals surface area contributed by atoms with E-state index in [9.17, 15) is 25.2 Å². The molecule has 0 saturated heterocycles. The average molecular weight is 823 g/mol. The molecule has 0 radical (unpaired) electrons. The number of rotatable bonds is 4. The van der Waals surface area contributed by atoms with E-state index in [0.29, 0.717) is 21.3 Å². The Balaban J connectivity index is 0.000000291. The van der Waals surface area contributed by atoms with Gasteiger partial charge in [0.1, 0.15) is 22.8 Å². The van der Waals surface area contributed by atoms with Gasteiger partial charge in [0.2, 0.25) is 0 Å². The number of hydrogen-bond acceptors (Lipinski definition) is 5. The Kier molecular flexibility index (Phi) is 12.6. The van der Waals surface area contributed by atoms with Gasteiger partial charge in [0.05, 0.1) is 10.2 Å². The number of carboxylic acids is 1. The Morgan fingerprint density at radius 1 is 0.630 bits per heavy atom. The molecular weight excluding hydrogens is 774 g/mol. The van der Waals surface area contributed by atoms with Gasteiger partial charge in [-0.25, -0.2) is 4.79 Å². The second-order valence-electron chi connectivity index (χ2n) is 16.5. The number of phenolic OH excluding ortho intramolecular Hbond substituents is 2. The zero-order valence-corrected chi connectivity index (χ0v) is 35.5. The van der Waals surface area contributed by atoms with Gasteiger partial charge in [-0.2, -0.15) is 0 Å². The molecule has 8 heteroatoms. The summed E-state index contributed by atoms with van der Waals surface area (Å²) in [5.74, 6) is -0.860. The van der Waals surface area contributed by atoms with E-state index in [-0.39, 0.29) is 60.8 Å². The first-order valence-electron chi connectivity index (χ1n) is 17.6. The van der Waals surface area contributed by atoms with Gasteiger partial charge in [-0.1, -0.05) is 129 Å². The maximum atomic E-state index is 11.2. The summed E-state index contributed by atoms with van der Waals surface area (Å²) in [6.45, 7) is 18.4. The van der Waals surface area contributed by atoms with Crippen LogP contribution in [0.5, 0.6) is 17.2 Å². The zero-order chi connectivity index (χ0) is 39.0. The van der Waals surface area contributed by atoms with E-state index in [1.807, 2.05) is 114 Å². The Labute approximate surface area is 341 Å². The summed E-state index contributed by atoms with van der Waals surface area (Å²) in [4.78, 5) is 16.1. The molecule has 0 bridgehead atoms. The predicted molar refractivity (Wildman–Crippen MR) is 223 cm³/mol. The van der Waals surface area contributed by atoms with E-state index in [1.165, 1.54) is 0 Å². The number of benzene rings is 6. The number of aromatic hydroxyl groups is 3. The van der Waals surface area contributed by atoms with E-state index in [4.69, 9.17) is 4.99 Å². The molecule has 0 unspecified atom stereocenters. The fourth-order valence-corrected chi connectivity index (χ4v) is 6.72. The molecule has 0 fully saturated rings. The van der Waals surface area contributed by atoms with Crippen molar-refractivity contribution < 1.29 is 46.9 Å². The van der Waals surface area contributed by atoms with E-state index >= 15 is 0 Å². The number of carbonyl (C=O) groups is 1. The maximum absolute atomic E-state index is 11.2. The van der Waals surface area contributed by atoms with Gasteiger partial charge in [-0.3, -0.25) is 4.99 Å². The van der Waals surface area contributed by atoms with Gasteiger partial charge in [-0.05, 0) is 95.2 Å². The molecule has 6 aromatic rings. The molecule has 0 spiro atoms. The molecule has 4 N–H and O–H groups in total. The van der Waals surface area contributed by atoms with Crippen LogP contribution in [-0.4, -0.2) is 32.6 Å². The third kappa shape index (κ3) is 9.09. The van der Waals surface area contributed by atoms with E-state index in [0.717, 1.165) is 43.8 Å². The molecular formula is C46H48BrNO5Ti. The number of nitrogens with zero attached hydrogens (tertiary/aromatic N) is 1. The normalized spacial score (nSPS) is 12.0. The number of phenols is 3. The number of fused-ring (bicyclic) bond motifs is 2. The van der Waals surface area contributed by atoms with Gasteiger partial charge >= 0.3 is 5.97 Å². The van der Waals surface area contributed by atoms with Crippen molar-refractivity contribution in [3.05, 3.63) is 129 Å². The van der Waals surface area contributed by atoms with Crippen LogP contribution in [-0.2, 0) is 38.0 Å². The Morgan fingerprint density at radius 2 is 1.15 bits per heavy atom. The SMILES string of the molecule is CC(C)(C)c1cc(Br)c(O)c(C=Nc2ccc3ccccc3c2-c2c(O)ccc3ccccc23)c1.CC(C)(C)c1cc(C(=O)O)c(O)c(C(C)(C)C)c1.[Ti]. The second kappa shape index (κ2) is 16.1. The summed E-state index contributed by atoms with van der Waals surface area (Å²) in [5, 5.41) is 45.1. The summed E-state index contributed by atoms with van der Waals surface area (Å²) in [5.41, 5.74) is 5.09. The van der Waals surface area contributed by atoms with E-state index < -0.39 is 5.97 Å². The van der Waals surface area contributed by atoms with Crippen molar-refractivity contribution in [1.29, 1.82) is 0 Å². The number of carboxylic acid groups (broad SMARTS) is 1. The monoisotopic (exact) mass is 821 g/mol. The van der Waals surface area contributed by atoms with Gasteiger partial charge < -0.3 is 20.4 Å². The van der Waals surface area contributed by atoms with Crippen molar-refractivity contribution in [2.75, 3.05) is 0 Å². The van der Waals surface area contributed by atoms with Crippen LogP contribution in [0.3, 0.4) is 0 Å². The predicted octanol–water partition coefficient (Wildman–Crippen LogP) is 12.6. The Morgan fingerprint density at radius 3 is 1.69 bits per heavy atom. The van der Waals surface area contributed by atoms with Crippen LogP contribution in [0.4, 0.5) is 5.69 Å². The fraction of sp³-hybridized carbons (Fsp3) is 0.261. The van der Waals surface area contributed by atoms with Crippen LogP contribution in [0.15, 0.2) is 107 Å². The minimum atomic E-state index is -1.09. The standard InChI is InChI=1S/C31H26BrNO2.C15H22O3.Ti/c1-31(2,3)22-16-21(30(35)25(32)17-22)18-33-26-14-12-19-8-4-6-10-23(19)28(26)29-24-11-7-5-9-20(24)13-15-27(29)34;1-14(2,3)9-7-10(13(17)18)12(16)11(8-9)15(4,5)6;/h4-18,34-35H,1-3H3;7-8,16H,1-6H3,(H,17,18);. The molecule has 0 aliphatic carbocycles. The Hall–Kier alpha value is -4.43. The van der Waals surface area contributed by atoms with Crippen molar-refractivity contribution in [2.24, 2.45) is 4.99 Å². The van der Waals surface area contributed by atoms with Crippen LogP contribution < -0.4 is 0 Å². The largest absolute Gasteiger partial charge is 0.507 e. The van der Waals surface area contributed by atoms with Crippen molar-refractivity contribution in [1.82, 2.24) is 0 Å². The first-order chi connectivity index (χ1) is 24.7. The quantitative estimate of drug-likeness (QED) is 0.105. The van der Waals surface area contributed by atoms with Gasteiger partial charge in [-0.15, -0.1) is 0 Å². The number of aromatic carboxylic acids is 1. The minimum Gasteiger partial charge on any atom is -0.507 e. The van der Waals surface area contributed by atoms with Crippen molar-refractivity contribution >= 4 is 55.3 Å². The number of aliphatic imine (C=N–C) groups is 1. The van der Waals surface area contributed by atoms with Crippen molar-refractivity contribution in [3.8, 4) is 28.4 Å². The van der Waals surface area contributed by atoms with Gasteiger partial charge in [0.15, 0.2) is 0 Å². The van der Waals surface area contributed by atoms with Gasteiger partial charge in [0.25, 0.3) is 0 Å². The minimum absolute atomic E-state index is 0. The molecule has 0 heterocycles. The molecule has 0 amide bonds. The summed E-state index contributed by atoms with van der Waals surface area (Å²) in [7, 11) is 0. The van der Waals surface area contributed by atoms with Crippen LogP contribution in [0.2, 0.25) is 0 Å². The topological polar surface area (TPSA) is 110 Å². The zero-order valence-electron chi connectivity index (χ0n) is 32.3. The van der Waals surface area contributed by atoms with Crippen molar-refractivity contribution in [3.63, 3.8) is 0 Å². The number of hydrogen-bond donors (Lipinski definition) is 4. The van der Waals surface area contributed by atoms with E-state index in [2.05, 4.69) is 48.8 Å². The van der Waals surface area contributed by atoms with Crippen LogP contribution >= 0.6 is 15.9 Å². The summed E-state index contributed by atoms with van der Waals surface area (Å²) < 4.78 is 0.636. The van der Waals surface area contributed by atoms with Crippen LogP contribution in [0, 0.1) is 0 Å². The van der Waals surface area contributed by atoms with Crippen molar-refractivity contribution in [2.45, 2.75) is 78.6 Å². The maximum Gasteiger partial charge on any atom is 0.339 e. The molecule has 0 atom stereocenters. The molecule has 0 aliphatic rings. The fourth-order valence-electron chi connectivity index (χ4n) is 6.25. The average Bonchev–Trinajstić information content (AvgIpc) is 3.07. The first-order valence-corrected chi connectivity index (χ1v) is 18.4. The summed E-state index contributed by atoms with van der Waals surface area (Å²) in [6, 6.07) is 31.2. The molecule has 0 aliphatic heterocycles. The van der Waals surface area contributed by atoms with Gasteiger partial charge in [0, 0.05) is 50.2 Å². The summed E-state index contributed by atoms with van der Waals surface area (Å²) in [6.07, 6.45) is 1.70. The smallest absolute Gasteiger partial charge is 0.339 e. The summed E-state index contributed by atoms with van der Waals surface area (Å²) >= 11 is 3.49. The van der Waals surface area contributed by atoms with Crippen LogP contribution in [0.25, 0.3) is 32.7 Å². The molecule has 278 valence electrons. The molecule has 54 heavy (non-hydrogen) atoms. The third-order valence-corrected chi connectivity index (χ3v) is 9.98. The molecule has 0 saturated carbocycles. The molecule has 6 aromatic carbocycles. The number of halogens is 1. The molecule has 0 aromatic heterocycles. The van der Waals surface area contributed by atoms with E-state index in [1.54, 1.807) is 18.3 Å². The molecule has 6 nitrogen and oxygen atoms in total. The second-order valence-corrected chi connectivity index (χ2v) is 17.3. The first kappa shape index (κ1) is 42.3. The molecule has 6 rings (SSSR count).